The lowest BCUT2D eigenvalue weighted by Gasteiger charge is -2.32. The van der Waals surface area contributed by atoms with Crippen LogP contribution in [0.5, 0.6) is 0 Å². The number of carboxylic acid groups (broad SMARTS) is 1. The molecule has 2 N–H and O–H groups in total. The fraction of sp³-hybridized carbons (Fsp3) is 0.263. The second kappa shape index (κ2) is 6.00. The van der Waals surface area contributed by atoms with E-state index in [9.17, 15) is 4.79 Å². The van der Waals surface area contributed by atoms with Crippen molar-refractivity contribution in [1.82, 2.24) is 9.97 Å². The third-order valence-corrected chi connectivity index (χ3v) is 4.74. The molecule has 5 nitrogen and oxygen atoms in total. The van der Waals surface area contributed by atoms with Crippen molar-refractivity contribution >= 4 is 22.7 Å². The maximum Gasteiger partial charge on any atom is 0.306 e. The van der Waals surface area contributed by atoms with Crippen LogP contribution < -0.4 is 4.90 Å². The molecule has 0 spiro atoms. The van der Waals surface area contributed by atoms with Gasteiger partial charge >= 0.3 is 5.97 Å². The molecule has 2 heterocycles. The number of aromatic nitrogens is 2. The van der Waals surface area contributed by atoms with E-state index in [0.717, 1.165) is 41.2 Å². The van der Waals surface area contributed by atoms with Crippen molar-refractivity contribution in [3.8, 4) is 11.4 Å². The van der Waals surface area contributed by atoms with E-state index in [0.29, 0.717) is 12.8 Å². The molecule has 2 aromatic carbocycles. The van der Waals surface area contributed by atoms with E-state index in [2.05, 4.69) is 39.1 Å². The van der Waals surface area contributed by atoms with Gasteiger partial charge in [0.25, 0.3) is 0 Å². The summed E-state index contributed by atoms with van der Waals surface area (Å²) >= 11 is 0. The summed E-state index contributed by atoms with van der Waals surface area (Å²) in [5, 5.41) is 9.09. The number of para-hydroxylation sites is 2. The largest absolute Gasteiger partial charge is 0.481 e. The van der Waals surface area contributed by atoms with Crippen LogP contribution >= 0.6 is 0 Å². The smallest absolute Gasteiger partial charge is 0.306 e. The molecule has 122 valence electrons. The van der Waals surface area contributed by atoms with E-state index in [4.69, 9.17) is 5.11 Å². The van der Waals surface area contributed by atoms with Crippen LogP contribution in [0.15, 0.2) is 48.5 Å². The Labute approximate surface area is 139 Å². The van der Waals surface area contributed by atoms with Crippen LogP contribution in [-0.2, 0) is 4.79 Å². The van der Waals surface area contributed by atoms with Crippen LogP contribution in [0.3, 0.4) is 0 Å². The summed E-state index contributed by atoms with van der Waals surface area (Å²) in [7, 11) is 0. The van der Waals surface area contributed by atoms with Gasteiger partial charge in [-0.3, -0.25) is 4.79 Å². The van der Waals surface area contributed by atoms with Crippen molar-refractivity contribution < 1.29 is 9.90 Å². The lowest BCUT2D eigenvalue weighted by Crippen LogP contribution is -2.36. The molecule has 5 heteroatoms. The summed E-state index contributed by atoms with van der Waals surface area (Å²) in [6, 6.07) is 16.3. The number of nitrogens with zero attached hydrogens (tertiary/aromatic N) is 2. The predicted octanol–water partition coefficient (Wildman–Crippen LogP) is 3.53. The van der Waals surface area contributed by atoms with Crippen molar-refractivity contribution in [3.63, 3.8) is 0 Å². The number of carbonyl (C=O) groups is 1. The number of carboxylic acids is 1. The zero-order valence-electron chi connectivity index (χ0n) is 13.3. The summed E-state index contributed by atoms with van der Waals surface area (Å²) < 4.78 is 0. The van der Waals surface area contributed by atoms with Gasteiger partial charge in [0.05, 0.1) is 17.0 Å². The quantitative estimate of drug-likeness (QED) is 0.774. The molecule has 4 rings (SSSR count). The highest BCUT2D eigenvalue weighted by molar-refractivity contribution is 5.79. The zero-order valence-corrected chi connectivity index (χ0v) is 13.3. The second-order valence-corrected chi connectivity index (χ2v) is 6.25. The minimum Gasteiger partial charge on any atom is -0.481 e. The van der Waals surface area contributed by atoms with Crippen LogP contribution in [0.25, 0.3) is 22.4 Å². The highest BCUT2D eigenvalue weighted by atomic mass is 16.4. The van der Waals surface area contributed by atoms with Crippen LogP contribution in [0.1, 0.15) is 12.8 Å². The summed E-state index contributed by atoms with van der Waals surface area (Å²) in [5.41, 5.74) is 4.19. The highest BCUT2D eigenvalue weighted by Crippen LogP contribution is 2.26. The van der Waals surface area contributed by atoms with E-state index in [1.807, 2.05) is 24.3 Å². The minimum absolute atomic E-state index is 0.198. The molecule has 0 bridgehead atoms. The Morgan fingerprint density at radius 3 is 2.46 bits per heavy atom. The maximum atomic E-state index is 11.0. The number of imidazole rings is 1. The van der Waals surface area contributed by atoms with Gasteiger partial charge in [-0.15, -0.1) is 0 Å². The molecule has 0 unspecified atom stereocenters. The zero-order chi connectivity index (χ0) is 16.5. The normalized spacial score (nSPS) is 15.8. The number of piperidine rings is 1. The van der Waals surface area contributed by atoms with E-state index in [1.54, 1.807) is 0 Å². The number of benzene rings is 2. The van der Waals surface area contributed by atoms with Crippen molar-refractivity contribution in [2.24, 2.45) is 5.92 Å². The molecule has 1 aliphatic heterocycles. The third-order valence-electron chi connectivity index (χ3n) is 4.74. The summed E-state index contributed by atoms with van der Waals surface area (Å²) in [4.78, 5) is 21.3. The van der Waals surface area contributed by atoms with Gasteiger partial charge in [0.15, 0.2) is 0 Å². The molecule has 1 aliphatic rings. The standard InChI is InChI=1S/C19H19N3O2/c23-19(24)14-9-11-22(12-10-14)15-7-5-13(6-8-15)18-20-16-3-1-2-4-17(16)21-18/h1-8,14H,9-12H2,(H,20,21)(H,23,24). The number of rotatable bonds is 3. The Balaban J connectivity index is 1.51. The summed E-state index contributed by atoms with van der Waals surface area (Å²) in [6.07, 6.45) is 1.42. The predicted molar refractivity (Wildman–Crippen MR) is 94.1 cm³/mol. The van der Waals surface area contributed by atoms with Gasteiger partial charge in [0, 0.05) is 24.3 Å². The molecule has 0 saturated carbocycles. The topological polar surface area (TPSA) is 69.2 Å². The van der Waals surface area contributed by atoms with Gasteiger partial charge in [0.1, 0.15) is 5.82 Å². The third kappa shape index (κ3) is 2.73. The van der Waals surface area contributed by atoms with Gasteiger partial charge in [-0.25, -0.2) is 4.98 Å². The SMILES string of the molecule is O=C(O)C1CCN(c2ccc(-c3nc4ccccc4[nH]3)cc2)CC1. The lowest BCUT2D eigenvalue weighted by atomic mass is 9.96. The number of fused-ring (bicyclic) bond motifs is 1. The van der Waals surface area contributed by atoms with Crippen molar-refractivity contribution in [1.29, 1.82) is 0 Å². The monoisotopic (exact) mass is 321 g/mol. The van der Waals surface area contributed by atoms with E-state index < -0.39 is 5.97 Å². The van der Waals surface area contributed by atoms with Gasteiger partial charge < -0.3 is 15.0 Å². The van der Waals surface area contributed by atoms with Gasteiger partial charge in [-0.1, -0.05) is 12.1 Å². The average molecular weight is 321 g/mol. The molecule has 24 heavy (non-hydrogen) atoms. The Bertz CT molecular complexity index is 829. The first-order valence-electron chi connectivity index (χ1n) is 8.23. The molecule has 0 radical (unpaired) electrons. The average Bonchev–Trinajstić information content (AvgIpc) is 3.06. The second-order valence-electron chi connectivity index (χ2n) is 6.25. The van der Waals surface area contributed by atoms with Crippen LogP contribution in [-0.4, -0.2) is 34.1 Å². The van der Waals surface area contributed by atoms with Crippen LogP contribution in [0.4, 0.5) is 5.69 Å². The molecule has 1 fully saturated rings. The number of aliphatic carboxylic acids is 1. The maximum absolute atomic E-state index is 11.0. The lowest BCUT2D eigenvalue weighted by molar-refractivity contribution is -0.142. The fourth-order valence-corrected chi connectivity index (χ4v) is 3.30. The first-order valence-corrected chi connectivity index (χ1v) is 8.23. The molecular formula is C19H19N3O2. The summed E-state index contributed by atoms with van der Waals surface area (Å²) in [6.45, 7) is 1.59. The molecule has 3 aromatic rings. The Hall–Kier alpha value is -2.82. The molecular weight excluding hydrogens is 302 g/mol. The molecule has 0 atom stereocenters. The molecule has 0 amide bonds. The van der Waals surface area contributed by atoms with Crippen molar-refractivity contribution in [3.05, 3.63) is 48.5 Å². The fourth-order valence-electron chi connectivity index (χ4n) is 3.30. The van der Waals surface area contributed by atoms with Gasteiger partial charge in [-0.05, 0) is 49.2 Å². The van der Waals surface area contributed by atoms with Gasteiger partial charge in [-0.2, -0.15) is 0 Å². The number of hydrogen-bond donors (Lipinski definition) is 2. The van der Waals surface area contributed by atoms with Crippen molar-refractivity contribution in [2.45, 2.75) is 12.8 Å². The first kappa shape index (κ1) is 14.8. The number of hydrogen-bond acceptors (Lipinski definition) is 3. The van der Waals surface area contributed by atoms with Gasteiger partial charge in [0.2, 0.25) is 0 Å². The molecule has 0 aliphatic carbocycles. The number of nitrogens with one attached hydrogen (secondary N) is 1. The summed E-state index contributed by atoms with van der Waals surface area (Å²) in [5.74, 6) is -0.00158. The van der Waals surface area contributed by atoms with E-state index >= 15 is 0 Å². The first-order chi connectivity index (χ1) is 11.7. The molecule has 1 saturated heterocycles. The van der Waals surface area contributed by atoms with Crippen molar-refractivity contribution in [2.75, 3.05) is 18.0 Å². The highest BCUT2D eigenvalue weighted by Gasteiger charge is 2.24. The molecule has 1 aromatic heterocycles. The number of anilines is 1. The number of aromatic amines is 1. The van der Waals surface area contributed by atoms with Crippen LogP contribution in [0, 0.1) is 5.92 Å². The van der Waals surface area contributed by atoms with Crippen LogP contribution in [0.2, 0.25) is 0 Å². The Kier molecular flexibility index (Phi) is 3.69. The van der Waals surface area contributed by atoms with E-state index in [1.165, 1.54) is 0 Å². The minimum atomic E-state index is -0.671. The Morgan fingerprint density at radius 2 is 1.79 bits per heavy atom. The number of H-pyrrole nitrogens is 1. The van der Waals surface area contributed by atoms with E-state index in [-0.39, 0.29) is 5.92 Å². The Morgan fingerprint density at radius 1 is 1.08 bits per heavy atom.